The van der Waals surface area contributed by atoms with Crippen molar-refractivity contribution >= 4 is 5.78 Å². The second-order valence-corrected chi connectivity index (χ2v) is 2.96. The predicted octanol–water partition coefficient (Wildman–Crippen LogP) is -0.360. The van der Waals surface area contributed by atoms with Crippen LogP contribution < -0.4 is 0 Å². The lowest BCUT2D eigenvalue weighted by molar-refractivity contribution is -0.120. The number of hydrogen-bond donors (Lipinski definition) is 1. The Balaban J connectivity index is 2.54. The molecule has 3 nitrogen and oxygen atoms in total. The Kier molecular flexibility index (Phi) is 2.06. The number of hydrogen-bond acceptors (Lipinski definition) is 3. The molecule has 0 amide bonds. The van der Waals surface area contributed by atoms with Gasteiger partial charge in [-0.25, -0.2) is 0 Å². The molecule has 1 saturated heterocycles. The molecule has 0 saturated carbocycles. The van der Waals surface area contributed by atoms with Crippen LogP contribution >= 0.6 is 0 Å². The van der Waals surface area contributed by atoms with Crippen molar-refractivity contribution in [1.29, 1.82) is 0 Å². The molecule has 1 aliphatic heterocycles. The van der Waals surface area contributed by atoms with E-state index in [9.17, 15) is 4.79 Å². The summed E-state index contributed by atoms with van der Waals surface area (Å²) in [6, 6.07) is -0.0463. The highest BCUT2D eigenvalue weighted by molar-refractivity contribution is 5.81. The molecule has 58 valence electrons. The van der Waals surface area contributed by atoms with Gasteiger partial charge in [-0.1, -0.05) is 0 Å². The lowest BCUT2D eigenvalue weighted by atomic mass is 10.1. The second kappa shape index (κ2) is 2.68. The first kappa shape index (κ1) is 7.69. The minimum atomic E-state index is -0.307. The van der Waals surface area contributed by atoms with E-state index in [1.165, 1.54) is 0 Å². The molecule has 0 spiro atoms. The highest BCUT2D eigenvalue weighted by Crippen LogP contribution is 2.15. The van der Waals surface area contributed by atoms with Crippen molar-refractivity contribution in [2.75, 3.05) is 13.6 Å². The lowest BCUT2D eigenvalue weighted by Crippen LogP contribution is -2.30. The number of β-amino-alcohol motifs (C(OH)–C–C–N with tert-alkyl or cyclic N) is 1. The zero-order valence-corrected chi connectivity index (χ0v) is 6.37. The van der Waals surface area contributed by atoms with Crippen LogP contribution in [-0.2, 0) is 4.79 Å². The Bertz CT molecular complexity index is 147. The van der Waals surface area contributed by atoms with Crippen LogP contribution in [0.5, 0.6) is 0 Å². The Labute approximate surface area is 60.6 Å². The number of nitrogens with zero attached hydrogens (tertiary/aromatic N) is 1. The van der Waals surface area contributed by atoms with E-state index >= 15 is 0 Å². The Morgan fingerprint density at radius 2 is 2.30 bits per heavy atom. The minimum Gasteiger partial charge on any atom is -0.392 e. The maximum Gasteiger partial charge on any atom is 0.146 e. The molecule has 1 aliphatic rings. The maximum atomic E-state index is 10.8. The molecule has 0 aromatic rings. The minimum absolute atomic E-state index is 0.0463. The molecule has 0 bridgehead atoms. The van der Waals surface area contributed by atoms with Gasteiger partial charge in [0, 0.05) is 6.54 Å². The van der Waals surface area contributed by atoms with Crippen LogP contribution in [0, 0.1) is 0 Å². The molecule has 1 fully saturated rings. The summed E-state index contributed by atoms with van der Waals surface area (Å²) >= 11 is 0. The number of likely N-dealkylation sites (N-methyl/N-ethyl adjacent to an activating group) is 1. The third-order valence-electron chi connectivity index (χ3n) is 2.00. The third-order valence-corrected chi connectivity index (χ3v) is 2.00. The molecule has 0 aromatic heterocycles. The fourth-order valence-corrected chi connectivity index (χ4v) is 1.45. The molecule has 2 atom stereocenters. The van der Waals surface area contributed by atoms with Gasteiger partial charge in [-0.05, 0) is 20.4 Å². The molecule has 1 N–H and O–H groups in total. The van der Waals surface area contributed by atoms with Crippen molar-refractivity contribution in [2.24, 2.45) is 0 Å². The summed E-state index contributed by atoms with van der Waals surface area (Å²) in [4.78, 5) is 12.7. The Morgan fingerprint density at radius 1 is 1.70 bits per heavy atom. The molecule has 1 rings (SSSR count). The first-order valence-corrected chi connectivity index (χ1v) is 3.50. The van der Waals surface area contributed by atoms with Gasteiger partial charge in [0.2, 0.25) is 0 Å². The van der Waals surface area contributed by atoms with Crippen LogP contribution in [0.2, 0.25) is 0 Å². The van der Waals surface area contributed by atoms with Crippen molar-refractivity contribution in [2.45, 2.75) is 25.5 Å². The Morgan fingerprint density at radius 3 is 2.50 bits per heavy atom. The van der Waals surface area contributed by atoms with Crippen LogP contribution in [0.4, 0.5) is 0 Å². The number of rotatable bonds is 1. The summed E-state index contributed by atoms with van der Waals surface area (Å²) in [5, 5.41) is 9.12. The van der Waals surface area contributed by atoms with E-state index in [0.29, 0.717) is 13.0 Å². The standard InChI is InChI=1S/C7H13NO2/c1-5(9)7-3-6(10)4-8(7)2/h6-7,10H,3-4H2,1-2H3/t6?,7-/m1/s1. The van der Waals surface area contributed by atoms with Gasteiger partial charge in [0.05, 0.1) is 12.1 Å². The van der Waals surface area contributed by atoms with Gasteiger partial charge >= 0.3 is 0 Å². The predicted molar refractivity (Wildman–Crippen MR) is 37.7 cm³/mol. The largest absolute Gasteiger partial charge is 0.392 e. The van der Waals surface area contributed by atoms with Crippen LogP contribution in [0.3, 0.4) is 0 Å². The van der Waals surface area contributed by atoms with Crippen LogP contribution in [0.15, 0.2) is 0 Å². The van der Waals surface area contributed by atoms with E-state index in [1.54, 1.807) is 6.92 Å². The van der Waals surface area contributed by atoms with E-state index < -0.39 is 0 Å². The number of carbonyl (C=O) groups excluding carboxylic acids is 1. The summed E-state index contributed by atoms with van der Waals surface area (Å²) in [7, 11) is 1.86. The molecular weight excluding hydrogens is 130 g/mol. The van der Waals surface area contributed by atoms with Crippen molar-refractivity contribution in [1.82, 2.24) is 4.90 Å². The monoisotopic (exact) mass is 143 g/mol. The van der Waals surface area contributed by atoms with Gasteiger partial charge in [-0.15, -0.1) is 0 Å². The molecule has 0 aromatic carbocycles. The molecule has 0 radical (unpaired) electrons. The number of ketones is 1. The summed E-state index contributed by atoms with van der Waals surface area (Å²) in [6.45, 7) is 2.20. The number of Topliss-reactive ketones (excluding diaryl/α,β-unsaturated/α-hetero) is 1. The Hall–Kier alpha value is -0.410. The summed E-state index contributed by atoms with van der Waals surface area (Å²) in [6.07, 6.45) is 0.296. The molecule has 3 heteroatoms. The van der Waals surface area contributed by atoms with Crippen molar-refractivity contribution in [3.05, 3.63) is 0 Å². The smallest absolute Gasteiger partial charge is 0.146 e. The summed E-state index contributed by atoms with van der Waals surface area (Å²) < 4.78 is 0. The fourth-order valence-electron chi connectivity index (χ4n) is 1.45. The molecule has 10 heavy (non-hydrogen) atoms. The summed E-state index contributed by atoms with van der Waals surface area (Å²) in [5.41, 5.74) is 0. The quantitative estimate of drug-likeness (QED) is 0.545. The van der Waals surface area contributed by atoms with Crippen LogP contribution in [-0.4, -0.2) is 41.5 Å². The number of likely N-dealkylation sites (tertiary alicyclic amines) is 1. The van der Waals surface area contributed by atoms with Gasteiger partial charge in [0.15, 0.2) is 0 Å². The van der Waals surface area contributed by atoms with Crippen molar-refractivity contribution in [3.8, 4) is 0 Å². The highest BCUT2D eigenvalue weighted by Gasteiger charge is 2.30. The van der Waals surface area contributed by atoms with Gasteiger partial charge < -0.3 is 5.11 Å². The zero-order chi connectivity index (χ0) is 7.72. The highest BCUT2D eigenvalue weighted by atomic mass is 16.3. The van der Waals surface area contributed by atoms with E-state index in [1.807, 2.05) is 11.9 Å². The number of carbonyl (C=O) groups is 1. The van der Waals surface area contributed by atoms with E-state index in [-0.39, 0.29) is 17.9 Å². The second-order valence-electron chi connectivity index (χ2n) is 2.96. The number of aliphatic hydroxyl groups excluding tert-OH is 1. The van der Waals surface area contributed by atoms with Crippen molar-refractivity contribution < 1.29 is 9.90 Å². The first-order valence-electron chi connectivity index (χ1n) is 3.50. The third kappa shape index (κ3) is 1.36. The molecule has 1 unspecified atom stereocenters. The average Bonchev–Trinajstić information content (AvgIpc) is 2.10. The fraction of sp³-hybridized carbons (Fsp3) is 0.857. The zero-order valence-electron chi connectivity index (χ0n) is 6.37. The first-order chi connectivity index (χ1) is 4.61. The van der Waals surface area contributed by atoms with E-state index in [0.717, 1.165) is 0 Å². The van der Waals surface area contributed by atoms with E-state index in [2.05, 4.69) is 0 Å². The van der Waals surface area contributed by atoms with E-state index in [4.69, 9.17) is 5.11 Å². The molecule has 0 aliphatic carbocycles. The maximum absolute atomic E-state index is 10.8. The van der Waals surface area contributed by atoms with Gasteiger partial charge in [-0.2, -0.15) is 0 Å². The van der Waals surface area contributed by atoms with Crippen molar-refractivity contribution in [3.63, 3.8) is 0 Å². The van der Waals surface area contributed by atoms with Crippen LogP contribution in [0.25, 0.3) is 0 Å². The molecule has 1 heterocycles. The lowest BCUT2D eigenvalue weighted by Gasteiger charge is -2.14. The number of aliphatic hydroxyl groups is 1. The molecular formula is C7H13NO2. The van der Waals surface area contributed by atoms with Gasteiger partial charge in [0.1, 0.15) is 5.78 Å². The summed E-state index contributed by atoms with van der Waals surface area (Å²) in [5.74, 6) is 0.152. The topological polar surface area (TPSA) is 40.5 Å². The normalized spacial score (nSPS) is 34.7. The van der Waals surface area contributed by atoms with Gasteiger partial charge in [0.25, 0.3) is 0 Å². The average molecular weight is 143 g/mol. The van der Waals surface area contributed by atoms with Gasteiger partial charge in [-0.3, -0.25) is 9.69 Å². The SMILES string of the molecule is CC(=O)[C@H]1CC(O)CN1C. The van der Waals surface area contributed by atoms with Crippen LogP contribution in [0.1, 0.15) is 13.3 Å².